The minimum absolute atomic E-state index is 0.111. The molecule has 0 saturated carbocycles. The second-order valence-electron chi connectivity index (χ2n) is 2.81. The summed E-state index contributed by atoms with van der Waals surface area (Å²) in [6.07, 6.45) is 1.71. The first-order chi connectivity index (χ1) is 7.35. The summed E-state index contributed by atoms with van der Waals surface area (Å²) in [7, 11) is 0. The van der Waals surface area contributed by atoms with Gasteiger partial charge in [-0.2, -0.15) is 0 Å². The van der Waals surface area contributed by atoms with Crippen LogP contribution in [-0.2, 0) is 13.4 Å². The van der Waals surface area contributed by atoms with Crippen LogP contribution in [0.4, 0.5) is 0 Å². The summed E-state index contributed by atoms with van der Waals surface area (Å²) in [4.78, 5) is 18.5. The number of rotatable bonds is 4. The maximum absolute atomic E-state index is 9.26. The SMILES string of the molecule is CCC(=O)[O-].CCC(=O)[O-].CCC(C)[O][Al+2]. The molecule has 0 fully saturated rings. The van der Waals surface area contributed by atoms with E-state index in [1.54, 1.807) is 0 Å². The van der Waals surface area contributed by atoms with Gasteiger partial charge >= 0.3 is 46.8 Å². The topological polar surface area (TPSA) is 89.5 Å². The summed E-state index contributed by atoms with van der Waals surface area (Å²) >= 11 is 2.24. The van der Waals surface area contributed by atoms with Crippen molar-refractivity contribution >= 4 is 28.6 Å². The van der Waals surface area contributed by atoms with Crippen molar-refractivity contribution in [2.45, 2.75) is 53.1 Å². The number of aliphatic carboxylic acids is 2. The first kappa shape index (κ1) is 20.8. The monoisotopic (exact) mass is 246 g/mol. The van der Waals surface area contributed by atoms with E-state index in [9.17, 15) is 19.8 Å². The molecule has 6 heteroatoms. The third-order valence-electron chi connectivity index (χ3n) is 1.38. The normalized spacial score (nSPS) is 10.1. The average Bonchev–Trinajstić information content (AvgIpc) is 2.29. The number of hydrogen-bond donors (Lipinski definition) is 0. The van der Waals surface area contributed by atoms with E-state index in [-0.39, 0.29) is 12.8 Å². The molecular weight excluding hydrogens is 227 g/mol. The molecular formula is C10H19AlO5. The standard InChI is InChI=1S/C4H9O.2C3H6O2.Al/c1-3-4(2)5;2*1-2-3(4)5;/h4H,3H2,1-2H3;2*2H2,1H3,(H,4,5);/q-1;;;+3/p-2. The summed E-state index contributed by atoms with van der Waals surface area (Å²) in [6, 6.07) is 0. The van der Waals surface area contributed by atoms with Crippen LogP contribution in [0.15, 0.2) is 0 Å². The summed E-state index contributed by atoms with van der Waals surface area (Å²) in [6.45, 7) is 7.20. The van der Waals surface area contributed by atoms with Crippen molar-refractivity contribution in [1.82, 2.24) is 0 Å². The average molecular weight is 246 g/mol. The number of carboxylic acid groups (broad SMARTS) is 2. The van der Waals surface area contributed by atoms with Crippen LogP contribution in [0, 0.1) is 0 Å². The zero-order chi connectivity index (χ0) is 13.6. The van der Waals surface area contributed by atoms with Crippen molar-refractivity contribution < 1.29 is 23.6 Å². The van der Waals surface area contributed by atoms with E-state index in [0.29, 0.717) is 6.10 Å². The van der Waals surface area contributed by atoms with Crippen LogP contribution < -0.4 is 10.2 Å². The molecule has 0 heterocycles. The fourth-order valence-corrected chi connectivity index (χ4v) is 0.289. The van der Waals surface area contributed by atoms with Crippen LogP contribution in [0.3, 0.4) is 0 Å². The van der Waals surface area contributed by atoms with Crippen molar-refractivity contribution in [3.8, 4) is 0 Å². The fraction of sp³-hybridized carbons (Fsp3) is 0.800. The van der Waals surface area contributed by atoms with Crippen LogP contribution in [0.1, 0.15) is 47.0 Å². The molecule has 0 N–H and O–H groups in total. The third-order valence-corrected chi connectivity index (χ3v) is 1.85. The molecule has 1 unspecified atom stereocenters. The molecule has 92 valence electrons. The molecule has 0 amide bonds. The number of carbonyl (C=O) groups excluding carboxylic acids is 2. The molecule has 0 spiro atoms. The Kier molecular flexibility index (Phi) is 21.9. The third kappa shape index (κ3) is 37.6. The van der Waals surface area contributed by atoms with Crippen LogP contribution in [0.2, 0.25) is 0 Å². The second-order valence-corrected chi connectivity index (χ2v) is 3.08. The first-order valence-electron chi connectivity index (χ1n) is 5.10. The predicted molar refractivity (Wildman–Crippen MR) is 57.2 cm³/mol. The molecule has 0 aromatic heterocycles. The Morgan fingerprint density at radius 3 is 1.38 bits per heavy atom. The first-order valence-corrected chi connectivity index (χ1v) is 5.57. The van der Waals surface area contributed by atoms with E-state index in [1.165, 1.54) is 13.8 Å². The molecule has 16 heavy (non-hydrogen) atoms. The fourth-order valence-electron chi connectivity index (χ4n) is 0.0962. The van der Waals surface area contributed by atoms with E-state index in [1.807, 2.05) is 6.92 Å². The van der Waals surface area contributed by atoms with Crippen molar-refractivity contribution in [2.75, 3.05) is 0 Å². The van der Waals surface area contributed by atoms with Crippen molar-refractivity contribution in [3.63, 3.8) is 0 Å². The van der Waals surface area contributed by atoms with Gasteiger partial charge in [-0.15, -0.1) is 0 Å². The van der Waals surface area contributed by atoms with Crippen LogP contribution >= 0.6 is 0 Å². The molecule has 0 aliphatic heterocycles. The molecule has 0 aromatic rings. The van der Waals surface area contributed by atoms with Gasteiger partial charge in [0.1, 0.15) is 0 Å². The number of carbonyl (C=O) groups is 2. The van der Waals surface area contributed by atoms with Gasteiger partial charge in [-0.1, -0.05) is 13.8 Å². The predicted octanol–water partition coefficient (Wildman–Crippen LogP) is -0.822. The Hall–Kier alpha value is -0.568. The maximum atomic E-state index is 9.26. The van der Waals surface area contributed by atoms with Crippen molar-refractivity contribution in [3.05, 3.63) is 0 Å². The zero-order valence-corrected chi connectivity index (χ0v) is 11.5. The van der Waals surface area contributed by atoms with Gasteiger partial charge in [0, 0.05) is 11.9 Å². The van der Waals surface area contributed by atoms with Gasteiger partial charge in [0.2, 0.25) is 0 Å². The van der Waals surface area contributed by atoms with Crippen molar-refractivity contribution in [1.29, 1.82) is 0 Å². The van der Waals surface area contributed by atoms with Gasteiger partial charge in [-0.3, -0.25) is 0 Å². The molecule has 0 radical (unpaired) electrons. The molecule has 0 aliphatic rings. The van der Waals surface area contributed by atoms with Gasteiger partial charge in [-0.25, -0.2) is 0 Å². The van der Waals surface area contributed by atoms with Crippen LogP contribution in [-0.4, -0.2) is 34.7 Å². The van der Waals surface area contributed by atoms with E-state index in [2.05, 4.69) is 23.5 Å². The Morgan fingerprint density at radius 2 is 1.38 bits per heavy atom. The summed E-state index contributed by atoms with van der Waals surface area (Å²) in [5.41, 5.74) is 0. The van der Waals surface area contributed by atoms with Gasteiger partial charge in [-0.05, 0) is 12.8 Å². The summed E-state index contributed by atoms with van der Waals surface area (Å²) in [5.74, 6) is -1.99. The summed E-state index contributed by atoms with van der Waals surface area (Å²) in [5, 5.41) is 18.5. The second kappa shape index (κ2) is 16.8. The number of hydrogen-bond acceptors (Lipinski definition) is 5. The summed E-state index contributed by atoms with van der Waals surface area (Å²) < 4.78 is 4.82. The van der Waals surface area contributed by atoms with Gasteiger partial charge in [0.05, 0.1) is 0 Å². The van der Waals surface area contributed by atoms with Gasteiger partial charge < -0.3 is 19.8 Å². The number of carboxylic acids is 2. The molecule has 5 nitrogen and oxygen atoms in total. The minimum atomic E-state index is -0.995. The Morgan fingerprint density at radius 1 is 1.12 bits per heavy atom. The van der Waals surface area contributed by atoms with Crippen LogP contribution in [0.25, 0.3) is 0 Å². The van der Waals surface area contributed by atoms with E-state index < -0.39 is 11.9 Å². The molecule has 0 aliphatic carbocycles. The van der Waals surface area contributed by atoms with E-state index >= 15 is 0 Å². The molecule has 0 aromatic carbocycles. The molecule has 0 saturated heterocycles. The van der Waals surface area contributed by atoms with Gasteiger partial charge in [0.15, 0.2) is 0 Å². The Balaban J connectivity index is -0.000000160. The Bertz CT molecular complexity index is 155. The van der Waals surface area contributed by atoms with Crippen molar-refractivity contribution in [2.24, 2.45) is 0 Å². The van der Waals surface area contributed by atoms with Gasteiger partial charge in [0.25, 0.3) is 0 Å². The quantitative estimate of drug-likeness (QED) is 0.604. The molecule has 1 atom stereocenters. The molecule has 0 bridgehead atoms. The van der Waals surface area contributed by atoms with E-state index in [0.717, 1.165) is 6.42 Å². The van der Waals surface area contributed by atoms with Crippen LogP contribution in [0.5, 0.6) is 0 Å². The molecule has 0 rings (SSSR count). The van der Waals surface area contributed by atoms with E-state index in [4.69, 9.17) is 3.79 Å². The zero-order valence-electron chi connectivity index (χ0n) is 10.3. The Labute approximate surface area is 106 Å².